The van der Waals surface area contributed by atoms with Crippen LogP contribution in [-0.2, 0) is 9.47 Å². The first kappa shape index (κ1) is 15.5. The molecule has 0 spiro atoms. The van der Waals surface area contributed by atoms with E-state index < -0.39 is 0 Å². The summed E-state index contributed by atoms with van der Waals surface area (Å²) in [4.78, 5) is 0. The van der Waals surface area contributed by atoms with E-state index in [0.717, 1.165) is 19.4 Å². The lowest BCUT2D eigenvalue weighted by Crippen LogP contribution is -2.43. The lowest BCUT2D eigenvalue weighted by Gasteiger charge is -2.39. The number of rotatable bonds is 4. The van der Waals surface area contributed by atoms with Crippen LogP contribution in [0.5, 0.6) is 0 Å². The average Bonchev–Trinajstić information content (AvgIpc) is 2.47. The Balaban J connectivity index is 2.15. The summed E-state index contributed by atoms with van der Waals surface area (Å²) in [7, 11) is 1.77. The van der Waals surface area contributed by atoms with Crippen LogP contribution in [0.4, 0.5) is 0 Å². The van der Waals surface area contributed by atoms with E-state index in [1.54, 1.807) is 7.11 Å². The van der Waals surface area contributed by atoms with Gasteiger partial charge in [0.15, 0.2) is 0 Å². The van der Waals surface area contributed by atoms with Crippen molar-refractivity contribution in [1.82, 2.24) is 0 Å². The van der Waals surface area contributed by atoms with Gasteiger partial charge in [-0.15, -0.1) is 0 Å². The highest BCUT2D eigenvalue weighted by atomic mass is 16.5. The average molecular weight is 276 g/mol. The molecule has 0 aromatic heterocycles. The van der Waals surface area contributed by atoms with Gasteiger partial charge >= 0.3 is 0 Å². The molecule has 1 aliphatic heterocycles. The molecule has 1 aromatic carbocycles. The molecule has 1 heterocycles. The molecular weight excluding hydrogens is 248 g/mol. The quantitative estimate of drug-likeness (QED) is 0.806. The smallest absolute Gasteiger partial charge is 0.0883 e. The minimum absolute atomic E-state index is 0.175. The highest BCUT2D eigenvalue weighted by Gasteiger charge is 2.35. The maximum Gasteiger partial charge on any atom is 0.0883 e. The highest BCUT2D eigenvalue weighted by Crippen LogP contribution is 2.35. The molecule has 0 amide bonds. The zero-order valence-electron chi connectivity index (χ0n) is 13.5. The highest BCUT2D eigenvalue weighted by molar-refractivity contribution is 5.28. The fourth-order valence-electron chi connectivity index (χ4n) is 2.89. The Morgan fingerprint density at radius 3 is 2.70 bits per heavy atom. The second kappa shape index (κ2) is 6.28. The second-order valence-corrected chi connectivity index (χ2v) is 6.71. The van der Waals surface area contributed by atoms with Gasteiger partial charge in [-0.25, -0.2) is 0 Å². The van der Waals surface area contributed by atoms with Crippen molar-refractivity contribution in [2.24, 2.45) is 0 Å². The van der Waals surface area contributed by atoms with Gasteiger partial charge in [-0.3, -0.25) is 0 Å². The zero-order chi connectivity index (χ0) is 14.8. The molecule has 2 nitrogen and oxygen atoms in total. The lowest BCUT2D eigenvalue weighted by molar-refractivity contribution is -0.130. The second-order valence-electron chi connectivity index (χ2n) is 6.71. The maximum atomic E-state index is 5.94. The third kappa shape index (κ3) is 3.42. The molecule has 1 aromatic rings. The summed E-state index contributed by atoms with van der Waals surface area (Å²) in [6, 6.07) is 9.05. The van der Waals surface area contributed by atoms with Crippen LogP contribution in [0.2, 0.25) is 0 Å². The molecule has 0 bridgehead atoms. The first-order valence-corrected chi connectivity index (χ1v) is 7.70. The third-order valence-corrected chi connectivity index (χ3v) is 4.63. The summed E-state index contributed by atoms with van der Waals surface area (Å²) < 4.78 is 11.5. The Morgan fingerprint density at radius 1 is 1.30 bits per heavy atom. The van der Waals surface area contributed by atoms with Crippen LogP contribution in [0.3, 0.4) is 0 Å². The van der Waals surface area contributed by atoms with Gasteiger partial charge in [-0.1, -0.05) is 38.1 Å². The summed E-state index contributed by atoms with van der Waals surface area (Å²) in [6.07, 6.45) is 2.33. The van der Waals surface area contributed by atoms with Crippen LogP contribution in [-0.4, -0.2) is 25.4 Å². The van der Waals surface area contributed by atoms with E-state index >= 15 is 0 Å². The summed E-state index contributed by atoms with van der Waals surface area (Å²) >= 11 is 0. The van der Waals surface area contributed by atoms with Crippen LogP contribution in [0.25, 0.3) is 0 Å². The van der Waals surface area contributed by atoms with Crippen LogP contribution < -0.4 is 0 Å². The molecule has 0 radical (unpaired) electrons. The normalized spacial score (nSPS) is 24.1. The van der Waals surface area contributed by atoms with Gasteiger partial charge < -0.3 is 9.47 Å². The first-order valence-electron chi connectivity index (χ1n) is 7.70. The molecule has 2 unspecified atom stereocenters. The van der Waals surface area contributed by atoms with Crippen molar-refractivity contribution in [3.05, 3.63) is 35.4 Å². The minimum atomic E-state index is -0.214. The molecule has 2 rings (SSSR count). The van der Waals surface area contributed by atoms with Gasteiger partial charge in [0, 0.05) is 13.7 Å². The number of benzene rings is 1. The Bertz CT molecular complexity index is 437. The van der Waals surface area contributed by atoms with Gasteiger partial charge in [-0.05, 0) is 49.7 Å². The predicted octanol–water partition coefficient (Wildman–Crippen LogP) is 4.50. The van der Waals surface area contributed by atoms with Gasteiger partial charge in [0.2, 0.25) is 0 Å². The maximum absolute atomic E-state index is 5.94. The molecule has 112 valence electrons. The van der Waals surface area contributed by atoms with E-state index in [9.17, 15) is 0 Å². The Labute approximate surface area is 123 Å². The van der Waals surface area contributed by atoms with Crippen LogP contribution in [0, 0.1) is 0 Å². The van der Waals surface area contributed by atoms with Crippen molar-refractivity contribution in [3.8, 4) is 0 Å². The molecule has 0 saturated carbocycles. The molecular formula is C18H28O2. The van der Waals surface area contributed by atoms with E-state index in [4.69, 9.17) is 9.47 Å². The topological polar surface area (TPSA) is 18.5 Å². The SMILES string of the molecule is COC(C)(C)C1CC(c2cccc(C(C)C)c2)CCO1. The summed E-state index contributed by atoms with van der Waals surface area (Å²) in [5.74, 6) is 1.17. The minimum Gasteiger partial charge on any atom is -0.376 e. The predicted molar refractivity (Wildman–Crippen MR) is 83.3 cm³/mol. The van der Waals surface area contributed by atoms with Crippen molar-refractivity contribution in [2.45, 2.75) is 64.1 Å². The Kier molecular flexibility index (Phi) is 4.87. The van der Waals surface area contributed by atoms with E-state index in [2.05, 4.69) is 52.0 Å². The van der Waals surface area contributed by atoms with Crippen molar-refractivity contribution < 1.29 is 9.47 Å². The summed E-state index contributed by atoms with van der Waals surface area (Å²) in [5.41, 5.74) is 2.67. The summed E-state index contributed by atoms with van der Waals surface area (Å²) in [5, 5.41) is 0. The molecule has 0 aliphatic carbocycles. The molecule has 2 atom stereocenters. The monoisotopic (exact) mass is 276 g/mol. The van der Waals surface area contributed by atoms with Gasteiger partial charge in [0.1, 0.15) is 0 Å². The summed E-state index contributed by atoms with van der Waals surface area (Å²) in [6.45, 7) is 9.56. The zero-order valence-corrected chi connectivity index (χ0v) is 13.5. The molecule has 1 aliphatic rings. The van der Waals surface area contributed by atoms with Gasteiger partial charge in [0.05, 0.1) is 11.7 Å². The standard InChI is InChI=1S/C18H28O2/c1-13(2)14-7-6-8-15(11-14)16-9-10-20-17(12-16)18(3,4)19-5/h6-8,11,13,16-17H,9-10,12H2,1-5H3. The fourth-order valence-corrected chi connectivity index (χ4v) is 2.89. The largest absolute Gasteiger partial charge is 0.376 e. The van der Waals surface area contributed by atoms with E-state index in [1.807, 2.05) is 0 Å². The van der Waals surface area contributed by atoms with E-state index in [-0.39, 0.29) is 11.7 Å². The number of methoxy groups -OCH3 is 1. The number of hydrogen-bond donors (Lipinski definition) is 0. The Hall–Kier alpha value is -0.860. The Morgan fingerprint density at radius 2 is 2.05 bits per heavy atom. The van der Waals surface area contributed by atoms with Crippen LogP contribution >= 0.6 is 0 Å². The van der Waals surface area contributed by atoms with Crippen molar-refractivity contribution >= 4 is 0 Å². The van der Waals surface area contributed by atoms with Crippen LogP contribution in [0.15, 0.2) is 24.3 Å². The van der Waals surface area contributed by atoms with E-state index in [1.165, 1.54) is 11.1 Å². The molecule has 20 heavy (non-hydrogen) atoms. The van der Waals surface area contributed by atoms with Crippen LogP contribution in [0.1, 0.15) is 63.5 Å². The third-order valence-electron chi connectivity index (χ3n) is 4.63. The van der Waals surface area contributed by atoms with E-state index in [0.29, 0.717) is 11.8 Å². The van der Waals surface area contributed by atoms with Crippen molar-refractivity contribution in [2.75, 3.05) is 13.7 Å². The fraction of sp³-hybridized carbons (Fsp3) is 0.667. The molecule has 2 heteroatoms. The molecule has 0 N–H and O–H groups in total. The van der Waals surface area contributed by atoms with Gasteiger partial charge in [-0.2, -0.15) is 0 Å². The number of hydrogen-bond acceptors (Lipinski definition) is 2. The van der Waals surface area contributed by atoms with Crippen molar-refractivity contribution in [3.63, 3.8) is 0 Å². The molecule has 1 fully saturated rings. The first-order chi connectivity index (χ1) is 9.44. The molecule has 1 saturated heterocycles. The lowest BCUT2D eigenvalue weighted by atomic mass is 9.82. The van der Waals surface area contributed by atoms with Crippen molar-refractivity contribution in [1.29, 1.82) is 0 Å². The number of ether oxygens (including phenoxy) is 2. The van der Waals surface area contributed by atoms with Gasteiger partial charge in [0.25, 0.3) is 0 Å².